The highest BCUT2D eigenvalue weighted by atomic mass is 19.2. The van der Waals surface area contributed by atoms with Crippen molar-refractivity contribution in [3.05, 3.63) is 29.3 Å². The van der Waals surface area contributed by atoms with Gasteiger partial charge in [0.2, 0.25) is 0 Å². The summed E-state index contributed by atoms with van der Waals surface area (Å²) in [6.45, 7) is 3.72. The Kier molecular flexibility index (Phi) is 3.82. The molecular weight excluding hydrogens is 214 g/mol. The Morgan fingerprint density at radius 3 is 2.56 bits per heavy atom. The van der Waals surface area contributed by atoms with E-state index in [1.54, 1.807) is 0 Å². The summed E-state index contributed by atoms with van der Waals surface area (Å²) in [5.74, 6) is -2.63. The normalized spacial score (nSPS) is 12.2. The smallest absolute Gasteiger partial charge is 0.253 e. The molecule has 16 heavy (non-hydrogen) atoms. The van der Waals surface area contributed by atoms with Crippen molar-refractivity contribution in [3.63, 3.8) is 0 Å². The van der Waals surface area contributed by atoms with Crippen LogP contribution in [0.2, 0.25) is 0 Å². The zero-order chi connectivity index (χ0) is 12.3. The van der Waals surface area contributed by atoms with Gasteiger partial charge < -0.3 is 11.1 Å². The molecule has 0 bridgehead atoms. The lowest BCUT2D eigenvalue weighted by Gasteiger charge is -2.12. The predicted octanol–water partition coefficient (Wildman–Crippen LogP) is 2.08. The topological polar surface area (TPSA) is 55.1 Å². The molecule has 1 unspecified atom stereocenters. The molecule has 0 heterocycles. The molecule has 1 aromatic carbocycles. The monoisotopic (exact) mass is 228 g/mol. The van der Waals surface area contributed by atoms with E-state index in [0.717, 1.165) is 18.6 Å². The van der Waals surface area contributed by atoms with E-state index >= 15 is 0 Å². The number of benzene rings is 1. The number of halogens is 2. The molecule has 0 radical (unpaired) electrons. The summed E-state index contributed by atoms with van der Waals surface area (Å²) in [4.78, 5) is 11.6. The summed E-state index contributed by atoms with van der Waals surface area (Å²) in [5, 5.41) is 2.63. The van der Waals surface area contributed by atoms with E-state index in [-0.39, 0.29) is 17.3 Å². The Balaban J connectivity index is 2.96. The summed E-state index contributed by atoms with van der Waals surface area (Å²) in [6, 6.07) is 1.57. The molecule has 5 heteroatoms. The van der Waals surface area contributed by atoms with Gasteiger partial charge in [0.1, 0.15) is 0 Å². The van der Waals surface area contributed by atoms with Crippen molar-refractivity contribution < 1.29 is 13.6 Å². The maximum Gasteiger partial charge on any atom is 0.253 e. The molecule has 0 aliphatic rings. The fourth-order valence-electron chi connectivity index (χ4n) is 1.16. The maximum absolute atomic E-state index is 12.9. The number of nitrogen functional groups attached to an aromatic ring is 1. The fraction of sp³-hybridized carbons (Fsp3) is 0.364. The fourth-order valence-corrected chi connectivity index (χ4v) is 1.16. The van der Waals surface area contributed by atoms with E-state index < -0.39 is 17.5 Å². The molecule has 1 aromatic rings. The number of amides is 1. The lowest BCUT2D eigenvalue weighted by molar-refractivity contribution is 0.0939. The molecule has 3 N–H and O–H groups in total. The highest BCUT2D eigenvalue weighted by Gasteiger charge is 2.15. The summed E-state index contributed by atoms with van der Waals surface area (Å²) >= 11 is 0. The van der Waals surface area contributed by atoms with Crippen LogP contribution in [0.25, 0.3) is 0 Å². The third-order valence-corrected chi connectivity index (χ3v) is 2.33. The predicted molar refractivity (Wildman–Crippen MR) is 58.0 cm³/mol. The van der Waals surface area contributed by atoms with E-state index in [9.17, 15) is 13.6 Å². The van der Waals surface area contributed by atoms with E-state index in [4.69, 9.17) is 5.73 Å². The average Bonchev–Trinajstić information content (AvgIpc) is 2.23. The minimum atomic E-state index is -1.08. The van der Waals surface area contributed by atoms with Gasteiger partial charge in [-0.15, -0.1) is 0 Å². The number of hydrogen-bond acceptors (Lipinski definition) is 2. The molecule has 0 spiro atoms. The van der Waals surface area contributed by atoms with Crippen LogP contribution in [0.1, 0.15) is 30.6 Å². The zero-order valence-electron chi connectivity index (χ0n) is 9.18. The highest BCUT2D eigenvalue weighted by molar-refractivity contribution is 5.99. The van der Waals surface area contributed by atoms with Crippen LogP contribution in [-0.2, 0) is 0 Å². The van der Waals surface area contributed by atoms with Crippen molar-refractivity contribution in [1.29, 1.82) is 0 Å². The number of rotatable bonds is 3. The van der Waals surface area contributed by atoms with Crippen molar-refractivity contribution in [3.8, 4) is 0 Å². The zero-order valence-corrected chi connectivity index (χ0v) is 9.18. The largest absolute Gasteiger partial charge is 0.398 e. The van der Waals surface area contributed by atoms with Crippen molar-refractivity contribution in [1.82, 2.24) is 5.32 Å². The van der Waals surface area contributed by atoms with Gasteiger partial charge in [0.15, 0.2) is 11.6 Å². The molecule has 0 aromatic heterocycles. The molecule has 3 nitrogen and oxygen atoms in total. The number of carbonyl (C=O) groups excluding carboxylic acids is 1. The van der Waals surface area contributed by atoms with E-state index in [1.807, 2.05) is 13.8 Å². The van der Waals surface area contributed by atoms with Crippen LogP contribution in [0.3, 0.4) is 0 Å². The van der Waals surface area contributed by atoms with Gasteiger partial charge in [-0.25, -0.2) is 8.78 Å². The molecule has 88 valence electrons. The third kappa shape index (κ3) is 2.68. The van der Waals surface area contributed by atoms with Crippen LogP contribution < -0.4 is 11.1 Å². The van der Waals surface area contributed by atoms with Gasteiger partial charge in [-0.3, -0.25) is 4.79 Å². The Morgan fingerprint density at radius 2 is 2.00 bits per heavy atom. The SMILES string of the molecule is CCC(C)NC(=O)c1cc(F)c(F)cc1N. The highest BCUT2D eigenvalue weighted by Crippen LogP contribution is 2.17. The third-order valence-electron chi connectivity index (χ3n) is 2.33. The second kappa shape index (κ2) is 4.92. The maximum atomic E-state index is 12.9. The van der Waals surface area contributed by atoms with Crippen LogP contribution in [-0.4, -0.2) is 11.9 Å². The summed E-state index contributed by atoms with van der Waals surface area (Å²) < 4.78 is 25.7. The molecule has 0 aliphatic carbocycles. The summed E-state index contributed by atoms with van der Waals surface area (Å²) in [5.41, 5.74) is 5.33. The first kappa shape index (κ1) is 12.4. The molecule has 0 fully saturated rings. The lowest BCUT2D eigenvalue weighted by Crippen LogP contribution is -2.32. The van der Waals surface area contributed by atoms with Crippen LogP contribution in [0.5, 0.6) is 0 Å². The average molecular weight is 228 g/mol. The van der Waals surface area contributed by atoms with Gasteiger partial charge in [0, 0.05) is 17.8 Å². The minimum Gasteiger partial charge on any atom is -0.398 e. The molecule has 0 saturated carbocycles. The molecule has 1 rings (SSSR count). The molecule has 0 aliphatic heterocycles. The van der Waals surface area contributed by atoms with Gasteiger partial charge in [0.25, 0.3) is 5.91 Å². The lowest BCUT2D eigenvalue weighted by atomic mass is 10.1. The van der Waals surface area contributed by atoms with E-state index in [1.165, 1.54) is 0 Å². The molecule has 1 atom stereocenters. The van der Waals surface area contributed by atoms with Crippen LogP contribution >= 0.6 is 0 Å². The summed E-state index contributed by atoms with van der Waals surface area (Å²) in [6.07, 6.45) is 0.745. The first-order chi connectivity index (χ1) is 7.45. The van der Waals surface area contributed by atoms with Gasteiger partial charge in [-0.05, 0) is 19.4 Å². The number of anilines is 1. The standard InChI is InChI=1S/C11H14F2N2O/c1-3-6(2)15-11(16)7-4-8(12)9(13)5-10(7)14/h4-6H,3,14H2,1-2H3,(H,15,16). The molecule has 1 amide bonds. The van der Waals surface area contributed by atoms with Gasteiger partial charge in [0.05, 0.1) is 5.56 Å². The first-order valence-corrected chi connectivity index (χ1v) is 5.01. The van der Waals surface area contributed by atoms with Crippen molar-refractivity contribution in [2.24, 2.45) is 0 Å². The van der Waals surface area contributed by atoms with E-state index in [0.29, 0.717) is 0 Å². The Morgan fingerprint density at radius 1 is 1.44 bits per heavy atom. The second-order valence-corrected chi connectivity index (χ2v) is 3.64. The van der Waals surface area contributed by atoms with Gasteiger partial charge >= 0.3 is 0 Å². The van der Waals surface area contributed by atoms with Crippen LogP contribution in [0, 0.1) is 11.6 Å². The van der Waals surface area contributed by atoms with Crippen LogP contribution in [0.15, 0.2) is 12.1 Å². The van der Waals surface area contributed by atoms with Crippen LogP contribution in [0.4, 0.5) is 14.5 Å². The first-order valence-electron chi connectivity index (χ1n) is 5.01. The molecular formula is C11H14F2N2O. The Hall–Kier alpha value is -1.65. The minimum absolute atomic E-state index is 0.0417. The second-order valence-electron chi connectivity index (χ2n) is 3.64. The Labute approximate surface area is 92.6 Å². The number of nitrogens with one attached hydrogen (secondary N) is 1. The van der Waals surface area contributed by atoms with Gasteiger partial charge in [-0.1, -0.05) is 6.92 Å². The quantitative estimate of drug-likeness (QED) is 0.778. The number of hydrogen-bond donors (Lipinski definition) is 2. The summed E-state index contributed by atoms with van der Waals surface area (Å²) in [7, 11) is 0. The molecule has 0 saturated heterocycles. The van der Waals surface area contributed by atoms with Crippen molar-refractivity contribution in [2.45, 2.75) is 26.3 Å². The van der Waals surface area contributed by atoms with E-state index in [2.05, 4.69) is 5.32 Å². The number of carbonyl (C=O) groups is 1. The van der Waals surface area contributed by atoms with Crippen molar-refractivity contribution in [2.75, 3.05) is 5.73 Å². The number of nitrogens with two attached hydrogens (primary N) is 1. The Bertz CT molecular complexity index is 407. The van der Waals surface area contributed by atoms with Gasteiger partial charge in [-0.2, -0.15) is 0 Å². The van der Waals surface area contributed by atoms with Crippen molar-refractivity contribution >= 4 is 11.6 Å².